The summed E-state index contributed by atoms with van der Waals surface area (Å²) in [5, 5.41) is 0. The monoisotopic (exact) mass is 197 g/mol. The van der Waals surface area contributed by atoms with Crippen LogP contribution in [-0.4, -0.2) is 37.1 Å². The van der Waals surface area contributed by atoms with Gasteiger partial charge >= 0.3 is 0 Å². The van der Waals surface area contributed by atoms with Crippen LogP contribution in [0.5, 0.6) is 0 Å². The van der Waals surface area contributed by atoms with E-state index >= 15 is 0 Å². The molecule has 0 amide bonds. The SMILES string of the molecule is CN1CCCC(C(N)C2CC(N)C2)C1. The van der Waals surface area contributed by atoms with Gasteiger partial charge < -0.3 is 16.4 Å². The predicted molar refractivity (Wildman–Crippen MR) is 58.9 cm³/mol. The molecule has 0 spiro atoms. The van der Waals surface area contributed by atoms with Crippen LogP contribution in [0.3, 0.4) is 0 Å². The van der Waals surface area contributed by atoms with E-state index in [9.17, 15) is 0 Å². The fraction of sp³-hybridized carbons (Fsp3) is 1.00. The van der Waals surface area contributed by atoms with Crippen molar-refractivity contribution in [3.63, 3.8) is 0 Å². The Bertz CT molecular complexity index is 189. The Morgan fingerprint density at radius 2 is 2.00 bits per heavy atom. The maximum Gasteiger partial charge on any atom is 0.0109 e. The van der Waals surface area contributed by atoms with Crippen LogP contribution in [0.1, 0.15) is 25.7 Å². The van der Waals surface area contributed by atoms with Crippen molar-refractivity contribution < 1.29 is 0 Å². The van der Waals surface area contributed by atoms with Gasteiger partial charge in [-0.05, 0) is 51.1 Å². The summed E-state index contributed by atoms with van der Waals surface area (Å²) in [6.07, 6.45) is 4.94. The lowest BCUT2D eigenvalue weighted by Crippen LogP contribution is -2.52. The van der Waals surface area contributed by atoms with Gasteiger partial charge in [0.05, 0.1) is 0 Å². The average molecular weight is 197 g/mol. The molecule has 14 heavy (non-hydrogen) atoms. The molecule has 0 radical (unpaired) electrons. The summed E-state index contributed by atoms with van der Waals surface area (Å²) in [5.74, 6) is 1.42. The molecule has 2 atom stereocenters. The second-order valence-electron chi connectivity index (χ2n) is 5.23. The molecule has 0 aromatic heterocycles. The molecule has 1 heterocycles. The normalized spacial score (nSPS) is 41.8. The van der Waals surface area contributed by atoms with Crippen LogP contribution >= 0.6 is 0 Å². The van der Waals surface area contributed by atoms with Gasteiger partial charge in [0.1, 0.15) is 0 Å². The summed E-state index contributed by atoms with van der Waals surface area (Å²) in [6, 6.07) is 0.838. The van der Waals surface area contributed by atoms with E-state index in [1.807, 2.05) is 0 Å². The molecule has 82 valence electrons. The van der Waals surface area contributed by atoms with Gasteiger partial charge in [-0.2, -0.15) is 0 Å². The third-order valence-electron chi connectivity index (χ3n) is 3.96. The molecule has 3 nitrogen and oxygen atoms in total. The highest BCUT2D eigenvalue weighted by Crippen LogP contribution is 2.33. The molecule has 1 aliphatic heterocycles. The van der Waals surface area contributed by atoms with Gasteiger partial charge in [0, 0.05) is 18.6 Å². The van der Waals surface area contributed by atoms with Crippen LogP contribution in [0, 0.1) is 11.8 Å². The molecule has 2 aliphatic rings. The van der Waals surface area contributed by atoms with E-state index < -0.39 is 0 Å². The number of hydrogen-bond donors (Lipinski definition) is 2. The van der Waals surface area contributed by atoms with Gasteiger partial charge in [-0.25, -0.2) is 0 Å². The van der Waals surface area contributed by atoms with Crippen molar-refractivity contribution in [2.45, 2.75) is 37.8 Å². The summed E-state index contributed by atoms with van der Waals surface area (Å²) >= 11 is 0. The van der Waals surface area contributed by atoms with E-state index in [4.69, 9.17) is 11.5 Å². The number of nitrogens with zero attached hydrogens (tertiary/aromatic N) is 1. The van der Waals surface area contributed by atoms with Crippen molar-refractivity contribution in [3.8, 4) is 0 Å². The molecular weight excluding hydrogens is 174 g/mol. The molecule has 0 bridgehead atoms. The Morgan fingerprint density at radius 3 is 2.57 bits per heavy atom. The first-order chi connectivity index (χ1) is 6.66. The summed E-state index contributed by atoms with van der Waals surface area (Å²) in [6.45, 7) is 2.43. The van der Waals surface area contributed by atoms with Crippen LogP contribution < -0.4 is 11.5 Å². The first-order valence-corrected chi connectivity index (χ1v) is 5.86. The molecule has 2 rings (SSSR count). The number of hydrogen-bond acceptors (Lipinski definition) is 3. The fourth-order valence-corrected chi connectivity index (χ4v) is 2.93. The van der Waals surface area contributed by atoms with Crippen molar-refractivity contribution in [2.75, 3.05) is 20.1 Å². The minimum Gasteiger partial charge on any atom is -0.328 e. The molecule has 4 N–H and O–H groups in total. The lowest BCUT2D eigenvalue weighted by molar-refractivity contribution is 0.121. The average Bonchev–Trinajstić information content (AvgIpc) is 2.12. The Kier molecular flexibility index (Phi) is 3.10. The van der Waals surface area contributed by atoms with Crippen LogP contribution in [-0.2, 0) is 0 Å². The Labute approximate surface area is 86.8 Å². The molecular formula is C11H23N3. The Balaban J connectivity index is 1.81. The van der Waals surface area contributed by atoms with Crippen LogP contribution in [0.2, 0.25) is 0 Å². The summed E-state index contributed by atoms with van der Waals surface area (Å²) in [5.41, 5.74) is 12.1. The van der Waals surface area contributed by atoms with Gasteiger partial charge in [-0.1, -0.05) is 0 Å². The lowest BCUT2D eigenvalue weighted by Gasteiger charge is -2.42. The van der Waals surface area contributed by atoms with E-state index in [-0.39, 0.29) is 0 Å². The number of likely N-dealkylation sites (tertiary alicyclic amines) is 1. The van der Waals surface area contributed by atoms with E-state index in [0.717, 1.165) is 12.8 Å². The summed E-state index contributed by atoms with van der Waals surface area (Å²) in [4.78, 5) is 2.41. The number of rotatable bonds is 2. The predicted octanol–water partition coefficient (Wildman–Crippen LogP) is 0.393. The number of piperidine rings is 1. The van der Waals surface area contributed by atoms with Crippen molar-refractivity contribution in [1.29, 1.82) is 0 Å². The van der Waals surface area contributed by atoms with Crippen LogP contribution in [0.15, 0.2) is 0 Å². The molecule has 2 unspecified atom stereocenters. The second kappa shape index (κ2) is 4.17. The highest BCUT2D eigenvalue weighted by atomic mass is 15.1. The van der Waals surface area contributed by atoms with Gasteiger partial charge in [0.2, 0.25) is 0 Å². The maximum atomic E-state index is 6.30. The lowest BCUT2D eigenvalue weighted by atomic mass is 9.71. The molecule has 3 heteroatoms. The zero-order chi connectivity index (χ0) is 10.1. The topological polar surface area (TPSA) is 55.3 Å². The number of nitrogens with two attached hydrogens (primary N) is 2. The standard InChI is InChI=1S/C11H23N3/c1-14-4-2-3-8(7-14)11(13)9-5-10(12)6-9/h8-11H,2-7,12-13H2,1H3. The van der Waals surface area contributed by atoms with E-state index in [1.54, 1.807) is 0 Å². The van der Waals surface area contributed by atoms with E-state index in [0.29, 0.717) is 23.9 Å². The zero-order valence-electron chi connectivity index (χ0n) is 9.15. The van der Waals surface area contributed by atoms with Gasteiger partial charge in [0.25, 0.3) is 0 Å². The molecule has 2 fully saturated rings. The molecule has 1 saturated carbocycles. The summed E-state index contributed by atoms with van der Waals surface area (Å²) in [7, 11) is 2.20. The molecule has 0 aromatic carbocycles. The highest BCUT2D eigenvalue weighted by molar-refractivity contribution is 4.93. The highest BCUT2D eigenvalue weighted by Gasteiger charge is 2.35. The second-order valence-corrected chi connectivity index (χ2v) is 5.23. The first kappa shape index (κ1) is 10.4. The van der Waals surface area contributed by atoms with Crippen molar-refractivity contribution in [3.05, 3.63) is 0 Å². The molecule has 0 aromatic rings. The zero-order valence-corrected chi connectivity index (χ0v) is 9.15. The summed E-state index contributed by atoms with van der Waals surface area (Å²) < 4.78 is 0. The van der Waals surface area contributed by atoms with Crippen molar-refractivity contribution in [1.82, 2.24) is 4.90 Å². The van der Waals surface area contributed by atoms with E-state index in [1.165, 1.54) is 25.9 Å². The van der Waals surface area contributed by atoms with Crippen molar-refractivity contribution >= 4 is 0 Å². The van der Waals surface area contributed by atoms with E-state index in [2.05, 4.69) is 11.9 Å². The maximum absolute atomic E-state index is 6.30. The molecule has 1 saturated heterocycles. The van der Waals surface area contributed by atoms with Crippen LogP contribution in [0.25, 0.3) is 0 Å². The Hall–Kier alpha value is -0.120. The smallest absolute Gasteiger partial charge is 0.0109 e. The fourth-order valence-electron chi connectivity index (χ4n) is 2.93. The third kappa shape index (κ3) is 2.10. The third-order valence-corrected chi connectivity index (χ3v) is 3.96. The van der Waals surface area contributed by atoms with Gasteiger partial charge in [-0.15, -0.1) is 0 Å². The minimum absolute atomic E-state index is 0.401. The Morgan fingerprint density at radius 1 is 1.29 bits per heavy atom. The quantitative estimate of drug-likeness (QED) is 0.673. The van der Waals surface area contributed by atoms with Crippen molar-refractivity contribution in [2.24, 2.45) is 23.3 Å². The van der Waals surface area contributed by atoms with Gasteiger partial charge in [0.15, 0.2) is 0 Å². The first-order valence-electron chi connectivity index (χ1n) is 5.86. The van der Waals surface area contributed by atoms with Crippen LogP contribution in [0.4, 0.5) is 0 Å². The molecule has 1 aliphatic carbocycles. The minimum atomic E-state index is 0.401. The largest absolute Gasteiger partial charge is 0.328 e. The van der Waals surface area contributed by atoms with Gasteiger partial charge in [-0.3, -0.25) is 0 Å².